The van der Waals surface area contributed by atoms with E-state index >= 15 is 0 Å². The van der Waals surface area contributed by atoms with Crippen molar-refractivity contribution in [3.05, 3.63) is 29.3 Å². The van der Waals surface area contributed by atoms with E-state index in [2.05, 4.69) is 5.32 Å². The number of hydrogen-bond donors (Lipinski definition) is 2. The Hall–Kier alpha value is -1.23. The Morgan fingerprint density at radius 2 is 1.75 bits per heavy atom. The Balaban J connectivity index is 2.69. The lowest BCUT2D eigenvalue weighted by Gasteiger charge is -2.18. The topological polar surface area (TPSA) is 32.3 Å². The molecule has 1 aromatic carbocycles. The Kier molecular flexibility index (Phi) is 3.80. The Morgan fingerprint density at radius 1 is 1.25 bits per heavy atom. The van der Waals surface area contributed by atoms with Crippen LogP contribution in [0, 0.1) is 13.8 Å². The van der Waals surface area contributed by atoms with Crippen LogP contribution in [0.4, 0.5) is 18.9 Å². The van der Waals surface area contributed by atoms with Gasteiger partial charge in [-0.25, -0.2) is 0 Å². The number of anilines is 1. The second-order valence-electron chi connectivity index (χ2n) is 3.71. The first kappa shape index (κ1) is 12.8. The number of para-hydroxylation sites is 1. The number of halogens is 3. The predicted molar refractivity (Wildman–Crippen MR) is 56.5 cm³/mol. The first-order valence-electron chi connectivity index (χ1n) is 4.87. The molecule has 0 aliphatic heterocycles. The number of hydrogen-bond acceptors (Lipinski definition) is 2. The summed E-state index contributed by atoms with van der Waals surface area (Å²) >= 11 is 0. The molecule has 0 fully saturated rings. The third-order valence-electron chi connectivity index (χ3n) is 2.33. The Morgan fingerprint density at radius 3 is 2.19 bits per heavy atom. The zero-order chi connectivity index (χ0) is 12.3. The van der Waals surface area contributed by atoms with Crippen molar-refractivity contribution in [3.8, 4) is 0 Å². The zero-order valence-electron chi connectivity index (χ0n) is 9.10. The lowest BCUT2D eigenvalue weighted by Crippen LogP contribution is -2.35. The molecule has 0 spiro atoms. The van der Waals surface area contributed by atoms with Gasteiger partial charge in [0.1, 0.15) is 0 Å². The lowest BCUT2D eigenvalue weighted by molar-refractivity contribution is -0.198. The maximum Gasteiger partial charge on any atom is 0.416 e. The van der Waals surface area contributed by atoms with E-state index in [1.165, 1.54) is 0 Å². The third-order valence-corrected chi connectivity index (χ3v) is 2.33. The highest BCUT2D eigenvalue weighted by Gasteiger charge is 2.37. The number of rotatable bonds is 3. The van der Waals surface area contributed by atoms with E-state index in [4.69, 9.17) is 5.11 Å². The smallest absolute Gasteiger partial charge is 0.382 e. The molecule has 16 heavy (non-hydrogen) atoms. The third kappa shape index (κ3) is 3.13. The molecule has 0 saturated carbocycles. The molecule has 0 aromatic heterocycles. The van der Waals surface area contributed by atoms with Gasteiger partial charge in [0, 0.05) is 12.2 Å². The van der Waals surface area contributed by atoms with Gasteiger partial charge in [0.15, 0.2) is 6.10 Å². The monoisotopic (exact) mass is 233 g/mol. The molecule has 0 saturated heterocycles. The maximum absolute atomic E-state index is 12.1. The van der Waals surface area contributed by atoms with Crippen LogP contribution in [0.15, 0.2) is 18.2 Å². The van der Waals surface area contributed by atoms with Crippen molar-refractivity contribution in [2.24, 2.45) is 0 Å². The van der Waals surface area contributed by atoms with E-state index in [9.17, 15) is 13.2 Å². The molecule has 0 heterocycles. The minimum atomic E-state index is -4.58. The highest BCUT2D eigenvalue weighted by atomic mass is 19.4. The van der Waals surface area contributed by atoms with Gasteiger partial charge in [0.2, 0.25) is 0 Å². The summed E-state index contributed by atoms with van der Waals surface area (Å²) < 4.78 is 36.2. The molecule has 1 aromatic rings. The van der Waals surface area contributed by atoms with Gasteiger partial charge in [-0.3, -0.25) is 0 Å². The summed E-state index contributed by atoms with van der Waals surface area (Å²) in [5, 5.41) is 11.5. The Labute approximate surface area is 92.1 Å². The molecule has 2 nitrogen and oxygen atoms in total. The molecular weight excluding hydrogens is 219 g/mol. The zero-order valence-corrected chi connectivity index (χ0v) is 9.10. The van der Waals surface area contributed by atoms with E-state index in [1.54, 1.807) is 26.0 Å². The SMILES string of the molecule is Cc1cccc(C)c1NCC(O)C(F)(F)F. The van der Waals surface area contributed by atoms with Crippen LogP contribution in [0.1, 0.15) is 11.1 Å². The molecule has 0 bridgehead atoms. The van der Waals surface area contributed by atoms with E-state index in [0.29, 0.717) is 5.69 Å². The Bertz CT molecular complexity index is 342. The molecule has 0 aliphatic carbocycles. The van der Waals surface area contributed by atoms with E-state index < -0.39 is 18.8 Å². The van der Waals surface area contributed by atoms with E-state index in [1.807, 2.05) is 6.07 Å². The standard InChI is InChI=1S/C11H14F3NO/c1-7-4-3-5-8(2)10(7)15-6-9(16)11(12,13)14/h3-5,9,15-16H,6H2,1-2H3. The summed E-state index contributed by atoms with van der Waals surface area (Å²) in [6.45, 7) is 3.07. The fourth-order valence-electron chi connectivity index (χ4n) is 1.41. The van der Waals surface area contributed by atoms with Gasteiger partial charge in [0.05, 0.1) is 0 Å². The summed E-state index contributed by atoms with van der Waals surface area (Å²) in [5.74, 6) is 0. The molecule has 0 radical (unpaired) electrons. The van der Waals surface area contributed by atoms with Gasteiger partial charge >= 0.3 is 6.18 Å². The van der Waals surface area contributed by atoms with Crippen LogP contribution < -0.4 is 5.32 Å². The molecule has 2 N–H and O–H groups in total. The van der Waals surface area contributed by atoms with Crippen LogP contribution in [0.25, 0.3) is 0 Å². The van der Waals surface area contributed by atoms with Crippen LogP contribution in [-0.2, 0) is 0 Å². The summed E-state index contributed by atoms with van der Waals surface area (Å²) in [5.41, 5.74) is 2.36. The molecular formula is C11H14F3NO. The highest BCUT2D eigenvalue weighted by molar-refractivity contribution is 5.56. The van der Waals surface area contributed by atoms with Gasteiger partial charge in [-0.1, -0.05) is 18.2 Å². The van der Waals surface area contributed by atoms with Crippen molar-refractivity contribution in [2.45, 2.75) is 26.1 Å². The summed E-state index contributed by atoms with van der Waals surface area (Å²) in [7, 11) is 0. The molecule has 5 heteroatoms. The number of aliphatic hydroxyl groups is 1. The van der Waals surface area contributed by atoms with Crippen LogP contribution in [-0.4, -0.2) is 23.9 Å². The quantitative estimate of drug-likeness (QED) is 0.841. The van der Waals surface area contributed by atoms with Crippen molar-refractivity contribution in [1.82, 2.24) is 0 Å². The lowest BCUT2D eigenvalue weighted by atomic mass is 10.1. The number of benzene rings is 1. The number of aryl methyl sites for hydroxylation is 2. The fraction of sp³-hybridized carbons (Fsp3) is 0.455. The van der Waals surface area contributed by atoms with Crippen LogP contribution in [0.5, 0.6) is 0 Å². The molecule has 1 rings (SSSR count). The minimum absolute atomic E-state index is 0.533. The average Bonchev–Trinajstić information content (AvgIpc) is 2.15. The van der Waals surface area contributed by atoms with Gasteiger partial charge in [0.25, 0.3) is 0 Å². The van der Waals surface area contributed by atoms with Crippen molar-refractivity contribution >= 4 is 5.69 Å². The van der Waals surface area contributed by atoms with Crippen LogP contribution in [0.2, 0.25) is 0 Å². The van der Waals surface area contributed by atoms with Crippen molar-refractivity contribution in [3.63, 3.8) is 0 Å². The number of alkyl halides is 3. The van der Waals surface area contributed by atoms with E-state index in [-0.39, 0.29) is 0 Å². The minimum Gasteiger partial charge on any atom is -0.382 e. The molecule has 0 aliphatic rings. The summed E-state index contributed by atoms with van der Waals surface area (Å²) in [4.78, 5) is 0. The van der Waals surface area contributed by atoms with Crippen LogP contribution >= 0.6 is 0 Å². The van der Waals surface area contributed by atoms with Crippen molar-refractivity contribution in [1.29, 1.82) is 0 Å². The largest absolute Gasteiger partial charge is 0.416 e. The van der Waals surface area contributed by atoms with Crippen LogP contribution in [0.3, 0.4) is 0 Å². The van der Waals surface area contributed by atoms with Gasteiger partial charge in [-0.05, 0) is 25.0 Å². The molecule has 90 valence electrons. The number of nitrogens with one attached hydrogen (secondary N) is 1. The highest BCUT2D eigenvalue weighted by Crippen LogP contribution is 2.23. The van der Waals surface area contributed by atoms with E-state index in [0.717, 1.165) is 11.1 Å². The summed E-state index contributed by atoms with van der Waals surface area (Å²) in [6, 6.07) is 5.43. The van der Waals surface area contributed by atoms with Gasteiger partial charge in [-0.15, -0.1) is 0 Å². The second kappa shape index (κ2) is 4.74. The van der Waals surface area contributed by atoms with Gasteiger partial charge in [-0.2, -0.15) is 13.2 Å². The second-order valence-corrected chi connectivity index (χ2v) is 3.71. The maximum atomic E-state index is 12.1. The average molecular weight is 233 g/mol. The molecule has 0 amide bonds. The number of aliphatic hydroxyl groups excluding tert-OH is 1. The van der Waals surface area contributed by atoms with Crippen molar-refractivity contribution in [2.75, 3.05) is 11.9 Å². The van der Waals surface area contributed by atoms with Crippen molar-refractivity contribution < 1.29 is 18.3 Å². The molecule has 1 atom stereocenters. The summed E-state index contributed by atoms with van der Waals surface area (Å²) in [6.07, 6.45) is -6.92. The molecule has 1 unspecified atom stereocenters. The first-order chi connectivity index (χ1) is 7.32. The normalized spacial score (nSPS) is 13.6. The fourth-order valence-corrected chi connectivity index (χ4v) is 1.41. The predicted octanol–water partition coefficient (Wildman–Crippen LogP) is 2.64. The van der Waals surface area contributed by atoms with Gasteiger partial charge < -0.3 is 10.4 Å². The first-order valence-corrected chi connectivity index (χ1v) is 4.87.